The largest absolute Gasteiger partial charge is 0.489 e. The maximum atomic E-state index is 13.7. The highest BCUT2D eigenvalue weighted by atomic mass is 79.9. The predicted molar refractivity (Wildman–Crippen MR) is 158 cm³/mol. The van der Waals surface area contributed by atoms with Gasteiger partial charge >= 0.3 is 0 Å². The number of nitrogens with zero attached hydrogens (tertiary/aromatic N) is 2. The minimum absolute atomic E-state index is 0.0160. The number of hydrogen-bond acceptors (Lipinski definition) is 5. The summed E-state index contributed by atoms with van der Waals surface area (Å²) in [4.78, 5) is 30.7. The molecule has 0 aliphatic heterocycles. The van der Waals surface area contributed by atoms with Gasteiger partial charge in [0.25, 0.3) is 11.5 Å². The lowest BCUT2D eigenvalue weighted by atomic mass is 9.71. The fourth-order valence-corrected chi connectivity index (χ4v) is 5.85. The predicted octanol–water partition coefficient (Wildman–Crippen LogP) is 6.07. The molecule has 2 unspecified atom stereocenters. The zero-order valence-electron chi connectivity index (χ0n) is 22.1. The Hall–Kier alpha value is -3.91. The molecule has 2 N–H and O–H groups in total. The highest BCUT2D eigenvalue weighted by Crippen LogP contribution is 2.47. The van der Waals surface area contributed by atoms with Gasteiger partial charge < -0.3 is 19.9 Å². The number of para-hydroxylation sites is 1. The summed E-state index contributed by atoms with van der Waals surface area (Å²) in [5.74, 6) is 1.23. The van der Waals surface area contributed by atoms with E-state index in [0.717, 1.165) is 42.6 Å². The van der Waals surface area contributed by atoms with E-state index in [4.69, 9.17) is 4.74 Å². The van der Waals surface area contributed by atoms with E-state index < -0.39 is 5.54 Å². The number of rotatable bonds is 10. The summed E-state index contributed by atoms with van der Waals surface area (Å²) in [6.45, 7) is 0.989. The van der Waals surface area contributed by atoms with E-state index in [1.807, 2.05) is 66.7 Å². The molecule has 0 radical (unpaired) electrons. The summed E-state index contributed by atoms with van der Waals surface area (Å²) < 4.78 is 8.62. The van der Waals surface area contributed by atoms with Crippen LogP contribution in [0.5, 0.6) is 5.75 Å². The first-order chi connectivity index (χ1) is 19.5. The second kappa shape index (κ2) is 11.3. The molecule has 1 amide bonds. The van der Waals surface area contributed by atoms with E-state index in [1.165, 1.54) is 0 Å². The number of halogens is 1. The first-order valence-corrected chi connectivity index (χ1v) is 14.5. The van der Waals surface area contributed by atoms with Crippen LogP contribution in [0.2, 0.25) is 0 Å². The summed E-state index contributed by atoms with van der Waals surface area (Å²) in [6.07, 6.45) is 5.38. The first kappa shape index (κ1) is 26.3. The molecule has 40 heavy (non-hydrogen) atoms. The Kier molecular flexibility index (Phi) is 7.43. The van der Waals surface area contributed by atoms with Gasteiger partial charge in [-0.25, -0.2) is 4.98 Å². The molecule has 2 aliphatic rings. The van der Waals surface area contributed by atoms with Crippen LogP contribution in [0.25, 0.3) is 0 Å². The number of carbonyl (C=O) groups is 1. The van der Waals surface area contributed by atoms with Crippen LogP contribution in [0, 0.1) is 5.92 Å². The maximum absolute atomic E-state index is 13.7. The molecule has 1 aromatic heterocycles. The number of aromatic nitrogens is 2. The molecular weight excluding hydrogens is 568 g/mol. The van der Waals surface area contributed by atoms with Gasteiger partial charge in [0.15, 0.2) is 5.82 Å². The van der Waals surface area contributed by atoms with Crippen molar-refractivity contribution in [1.82, 2.24) is 14.9 Å². The van der Waals surface area contributed by atoms with Crippen LogP contribution in [0.3, 0.4) is 0 Å². The summed E-state index contributed by atoms with van der Waals surface area (Å²) in [5.41, 5.74) is 2.19. The fourth-order valence-electron chi connectivity index (χ4n) is 5.46. The third-order valence-corrected chi connectivity index (χ3v) is 8.29. The Balaban J connectivity index is 1.18. The van der Waals surface area contributed by atoms with Crippen LogP contribution in [0.15, 0.2) is 101 Å². The summed E-state index contributed by atoms with van der Waals surface area (Å²) in [5, 5.41) is 6.55. The Labute approximate surface area is 241 Å². The maximum Gasteiger partial charge on any atom is 0.293 e. The average molecular weight is 600 g/mol. The topological polar surface area (TPSA) is 85.2 Å². The Morgan fingerprint density at radius 3 is 2.42 bits per heavy atom. The van der Waals surface area contributed by atoms with Gasteiger partial charge in [0.1, 0.15) is 17.0 Å². The smallest absolute Gasteiger partial charge is 0.293 e. The quantitative estimate of drug-likeness (QED) is 0.231. The van der Waals surface area contributed by atoms with Gasteiger partial charge in [-0.1, -0.05) is 66.7 Å². The third kappa shape index (κ3) is 5.54. The molecular formula is C32H31BrN4O3. The Morgan fingerprint density at radius 1 is 1.00 bits per heavy atom. The van der Waals surface area contributed by atoms with Gasteiger partial charge in [-0.05, 0) is 71.3 Å². The minimum Gasteiger partial charge on any atom is -0.489 e. The third-order valence-electron chi connectivity index (χ3n) is 7.91. The number of amides is 1. The van der Waals surface area contributed by atoms with Crippen LogP contribution < -0.4 is 20.9 Å². The van der Waals surface area contributed by atoms with Crippen molar-refractivity contribution in [3.8, 4) is 5.75 Å². The van der Waals surface area contributed by atoms with Crippen molar-refractivity contribution in [2.24, 2.45) is 5.92 Å². The molecule has 6 rings (SSSR count). The van der Waals surface area contributed by atoms with Crippen LogP contribution in [0.4, 0.5) is 5.82 Å². The van der Waals surface area contributed by atoms with Gasteiger partial charge in [0.2, 0.25) is 0 Å². The average Bonchev–Trinajstić information content (AvgIpc) is 3.75. The normalized spacial score (nSPS) is 18.8. The van der Waals surface area contributed by atoms with Crippen molar-refractivity contribution in [1.29, 1.82) is 0 Å². The number of anilines is 1. The molecule has 7 nitrogen and oxygen atoms in total. The van der Waals surface area contributed by atoms with Crippen LogP contribution in [0.1, 0.15) is 53.2 Å². The number of nitrogens with one attached hydrogen (secondary N) is 2. The Morgan fingerprint density at radius 2 is 1.70 bits per heavy atom. The van der Waals surface area contributed by atoms with E-state index in [0.29, 0.717) is 29.1 Å². The number of hydrogen-bond donors (Lipinski definition) is 2. The highest BCUT2D eigenvalue weighted by molar-refractivity contribution is 9.10. The van der Waals surface area contributed by atoms with E-state index in [1.54, 1.807) is 22.9 Å². The van der Waals surface area contributed by atoms with E-state index in [9.17, 15) is 9.59 Å². The molecule has 0 saturated heterocycles. The van der Waals surface area contributed by atoms with Crippen LogP contribution in [-0.4, -0.2) is 22.0 Å². The highest BCUT2D eigenvalue weighted by Gasteiger charge is 2.43. The molecule has 204 valence electrons. The van der Waals surface area contributed by atoms with E-state index in [-0.39, 0.29) is 23.4 Å². The van der Waals surface area contributed by atoms with Gasteiger partial charge in [-0.15, -0.1) is 0 Å². The molecule has 8 heteroatoms. The zero-order chi connectivity index (χ0) is 27.5. The minimum atomic E-state index is -0.426. The number of carbonyl (C=O) groups excluding carboxylic acids is 1. The van der Waals surface area contributed by atoms with Crippen molar-refractivity contribution >= 4 is 27.7 Å². The molecule has 2 aliphatic carbocycles. The second-order valence-electron chi connectivity index (χ2n) is 10.6. The number of benzene rings is 3. The molecule has 2 fully saturated rings. The molecule has 0 bridgehead atoms. The van der Waals surface area contributed by atoms with Gasteiger partial charge in [-0.3, -0.25) is 9.59 Å². The monoisotopic (exact) mass is 598 g/mol. The molecule has 2 atom stereocenters. The van der Waals surface area contributed by atoms with Crippen molar-refractivity contribution in [2.75, 3.05) is 11.9 Å². The number of ether oxygens (including phenoxy) is 1. The van der Waals surface area contributed by atoms with Gasteiger partial charge in [0, 0.05) is 29.9 Å². The summed E-state index contributed by atoms with van der Waals surface area (Å²) in [6, 6.07) is 27.3. The van der Waals surface area contributed by atoms with E-state index in [2.05, 4.69) is 37.6 Å². The lowest BCUT2D eigenvalue weighted by Gasteiger charge is -2.44. The van der Waals surface area contributed by atoms with Gasteiger partial charge in [-0.2, -0.15) is 0 Å². The Bertz CT molecular complexity index is 1550. The second-order valence-corrected chi connectivity index (χ2v) is 11.4. The molecule has 1 heterocycles. The fraction of sp³-hybridized carbons (Fsp3) is 0.281. The SMILES string of the molecule is O=C(NCC1CC1n1cc(Br)nc(NC2(c3ccccc3OCc3ccccc3)CCC2)c1=O)c1ccccc1. The first-order valence-electron chi connectivity index (χ1n) is 13.7. The molecule has 0 spiro atoms. The summed E-state index contributed by atoms with van der Waals surface area (Å²) >= 11 is 3.52. The van der Waals surface area contributed by atoms with Crippen molar-refractivity contribution in [3.05, 3.63) is 123 Å². The molecule has 2 saturated carbocycles. The van der Waals surface area contributed by atoms with Crippen LogP contribution in [-0.2, 0) is 12.1 Å². The summed E-state index contributed by atoms with van der Waals surface area (Å²) in [7, 11) is 0. The van der Waals surface area contributed by atoms with Crippen molar-refractivity contribution in [2.45, 2.75) is 43.9 Å². The standard InChI is InChI=1S/C32H31BrN4O3/c33-28-20-37(26-18-24(26)19-34-30(38)23-12-5-2-6-13-23)31(39)29(35-28)36-32(16-9-17-32)25-14-7-8-15-27(25)40-21-22-10-3-1-4-11-22/h1-8,10-15,20,24,26H,9,16-19,21H2,(H,34,38)(H,35,36). The van der Waals surface area contributed by atoms with Gasteiger partial charge in [0.05, 0.1) is 5.54 Å². The molecule has 3 aromatic carbocycles. The van der Waals surface area contributed by atoms with Crippen molar-refractivity contribution in [3.63, 3.8) is 0 Å². The zero-order valence-corrected chi connectivity index (χ0v) is 23.6. The lowest BCUT2D eigenvalue weighted by Crippen LogP contribution is -2.44. The van der Waals surface area contributed by atoms with Crippen molar-refractivity contribution < 1.29 is 9.53 Å². The van der Waals surface area contributed by atoms with Crippen LogP contribution >= 0.6 is 15.9 Å². The molecule has 4 aromatic rings. The van der Waals surface area contributed by atoms with E-state index >= 15 is 0 Å². The lowest BCUT2D eigenvalue weighted by molar-refractivity contribution is 0.0951.